The van der Waals surface area contributed by atoms with Gasteiger partial charge in [-0.2, -0.15) is 14.4 Å². The molecule has 3 rings (SSSR count). The number of hydrogen-bond acceptors (Lipinski definition) is 8. The van der Waals surface area contributed by atoms with Crippen LogP contribution >= 0.6 is 0 Å². The zero-order valence-corrected chi connectivity index (χ0v) is 15.3. The second-order valence-corrected chi connectivity index (χ2v) is 6.96. The Balaban J connectivity index is 1.92. The minimum Gasteiger partial charge on any atom is -0.462 e. The van der Waals surface area contributed by atoms with Gasteiger partial charge in [0.1, 0.15) is 12.8 Å². The van der Waals surface area contributed by atoms with Gasteiger partial charge in [-0.05, 0) is 12.5 Å². The van der Waals surface area contributed by atoms with Crippen LogP contribution in [-0.2, 0) is 14.3 Å². The van der Waals surface area contributed by atoms with Crippen LogP contribution in [0.25, 0.3) is 11.2 Å². The van der Waals surface area contributed by atoms with E-state index >= 15 is 0 Å². The predicted molar refractivity (Wildman–Crippen MR) is 93.8 cm³/mol. The van der Waals surface area contributed by atoms with Gasteiger partial charge in [-0.15, -0.1) is 0 Å². The highest BCUT2D eigenvalue weighted by Crippen LogP contribution is 2.42. The Morgan fingerprint density at radius 2 is 2.30 bits per heavy atom. The lowest BCUT2D eigenvalue weighted by Gasteiger charge is -2.32. The fraction of sp³-hybridized carbons (Fsp3) is 0.529. The van der Waals surface area contributed by atoms with Crippen molar-refractivity contribution in [3.63, 3.8) is 0 Å². The molecule has 0 amide bonds. The molecular formula is C17H22FN5O4. The molecule has 0 unspecified atom stereocenters. The summed E-state index contributed by atoms with van der Waals surface area (Å²) in [7, 11) is 0. The molecule has 1 saturated heterocycles. The van der Waals surface area contributed by atoms with Gasteiger partial charge in [0.2, 0.25) is 0 Å². The van der Waals surface area contributed by atoms with Crippen molar-refractivity contribution in [2.45, 2.75) is 45.1 Å². The zero-order valence-electron chi connectivity index (χ0n) is 15.3. The second-order valence-electron chi connectivity index (χ2n) is 6.96. The molecule has 0 aliphatic carbocycles. The van der Waals surface area contributed by atoms with Crippen molar-refractivity contribution in [2.24, 2.45) is 5.92 Å². The molecule has 3 N–H and O–H groups in total. The molecule has 0 spiro atoms. The summed E-state index contributed by atoms with van der Waals surface area (Å²) in [6.45, 7) is 8.80. The number of carbonyl (C=O) groups excluding carboxylic acids is 1. The Morgan fingerprint density at radius 1 is 1.59 bits per heavy atom. The Hall–Kier alpha value is -2.59. The highest BCUT2D eigenvalue weighted by Gasteiger charge is 2.51. The number of aromatic nitrogens is 4. The molecule has 3 heterocycles. The van der Waals surface area contributed by atoms with Crippen LogP contribution in [0.5, 0.6) is 0 Å². The van der Waals surface area contributed by atoms with E-state index in [2.05, 4.69) is 21.5 Å². The number of nitrogens with two attached hydrogens (primary N) is 1. The maximum atomic E-state index is 13.6. The van der Waals surface area contributed by atoms with Crippen molar-refractivity contribution >= 4 is 23.0 Å². The van der Waals surface area contributed by atoms with Crippen LogP contribution in [0.2, 0.25) is 0 Å². The third-order valence-electron chi connectivity index (χ3n) is 4.66. The maximum Gasteiger partial charge on any atom is 0.312 e. The fourth-order valence-corrected chi connectivity index (χ4v) is 3.03. The summed E-state index contributed by atoms with van der Waals surface area (Å²) in [5.74, 6) is -0.820. The molecule has 2 aromatic heterocycles. The van der Waals surface area contributed by atoms with E-state index in [4.69, 9.17) is 15.2 Å². The standard InChI is InChI=1S/C17H22FN5O4/c1-8(2)15(25)26-6-17(9(3)4)10(24)5-11(27-17)23-7-20-12-13(19)21-16(18)22-14(12)23/h7-8,10-11,24H,3,5-6H2,1-2,4H3,(H2,19,21,22)/t10-,11+,17-/m0/s1. The van der Waals surface area contributed by atoms with Gasteiger partial charge in [-0.3, -0.25) is 9.36 Å². The number of esters is 1. The first-order chi connectivity index (χ1) is 12.7. The molecule has 0 saturated carbocycles. The van der Waals surface area contributed by atoms with Gasteiger partial charge in [0, 0.05) is 6.42 Å². The van der Waals surface area contributed by atoms with Crippen LogP contribution in [0, 0.1) is 12.0 Å². The highest BCUT2D eigenvalue weighted by atomic mass is 19.1. The SMILES string of the molecule is C=C(C)[C@]1(COC(=O)C(C)C)O[C@@H](n2cnc3c(N)nc(F)nc32)C[C@@H]1O. The van der Waals surface area contributed by atoms with Crippen molar-refractivity contribution in [2.75, 3.05) is 12.3 Å². The number of aliphatic hydroxyl groups excluding tert-OH is 1. The van der Waals surface area contributed by atoms with Crippen LogP contribution in [0.1, 0.15) is 33.4 Å². The summed E-state index contributed by atoms with van der Waals surface area (Å²) < 4.78 is 26.4. The number of hydrogen-bond donors (Lipinski definition) is 2. The Kier molecular flexibility index (Phi) is 4.87. The van der Waals surface area contributed by atoms with E-state index in [1.807, 2.05) is 0 Å². The smallest absolute Gasteiger partial charge is 0.312 e. The summed E-state index contributed by atoms with van der Waals surface area (Å²) in [6.07, 6.45) is -1.18. The Morgan fingerprint density at radius 3 is 2.93 bits per heavy atom. The van der Waals surface area contributed by atoms with Gasteiger partial charge >= 0.3 is 12.0 Å². The van der Waals surface area contributed by atoms with Crippen LogP contribution in [0.3, 0.4) is 0 Å². The number of carbonyl (C=O) groups is 1. The lowest BCUT2D eigenvalue weighted by molar-refractivity contribution is -0.162. The average Bonchev–Trinajstić information content (AvgIpc) is 3.14. The van der Waals surface area contributed by atoms with Gasteiger partial charge in [0.05, 0.1) is 18.3 Å². The molecule has 10 heteroatoms. The topological polar surface area (TPSA) is 125 Å². The van der Waals surface area contributed by atoms with Crippen LogP contribution in [0.4, 0.5) is 10.2 Å². The number of halogens is 1. The van der Waals surface area contributed by atoms with Crippen molar-refractivity contribution in [3.8, 4) is 0 Å². The molecule has 1 aliphatic heterocycles. The molecule has 146 valence electrons. The number of ether oxygens (including phenoxy) is 2. The third-order valence-corrected chi connectivity index (χ3v) is 4.66. The van der Waals surface area contributed by atoms with Gasteiger partial charge in [-0.25, -0.2) is 4.98 Å². The molecule has 9 nitrogen and oxygen atoms in total. The Labute approximate surface area is 155 Å². The number of rotatable bonds is 5. The molecule has 1 aliphatic rings. The largest absolute Gasteiger partial charge is 0.462 e. The van der Waals surface area contributed by atoms with Gasteiger partial charge in [0.25, 0.3) is 0 Å². The van der Waals surface area contributed by atoms with E-state index < -0.39 is 30.0 Å². The third kappa shape index (κ3) is 3.26. The molecule has 2 aromatic rings. The first kappa shape index (κ1) is 19.2. The Bertz CT molecular complexity index is 899. The number of nitrogen functional groups attached to an aromatic ring is 1. The quantitative estimate of drug-likeness (QED) is 0.453. The van der Waals surface area contributed by atoms with E-state index in [0.29, 0.717) is 5.57 Å². The molecule has 0 radical (unpaired) electrons. The van der Waals surface area contributed by atoms with Crippen LogP contribution < -0.4 is 5.73 Å². The number of fused-ring (bicyclic) bond motifs is 1. The molecule has 1 fully saturated rings. The van der Waals surface area contributed by atoms with Crippen LogP contribution in [0.15, 0.2) is 18.5 Å². The molecule has 0 aromatic carbocycles. The lowest BCUT2D eigenvalue weighted by Crippen LogP contribution is -2.45. The number of nitrogens with zero attached hydrogens (tertiary/aromatic N) is 4. The van der Waals surface area contributed by atoms with Gasteiger partial charge in [-0.1, -0.05) is 20.4 Å². The van der Waals surface area contributed by atoms with E-state index in [-0.39, 0.29) is 35.9 Å². The second kappa shape index (κ2) is 6.86. The van der Waals surface area contributed by atoms with E-state index in [1.165, 1.54) is 10.9 Å². The molecule has 27 heavy (non-hydrogen) atoms. The number of aliphatic hydroxyl groups is 1. The summed E-state index contributed by atoms with van der Waals surface area (Å²) in [5.41, 5.74) is 5.27. The molecular weight excluding hydrogens is 357 g/mol. The van der Waals surface area contributed by atoms with Crippen molar-refractivity contribution in [3.05, 3.63) is 24.6 Å². The predicted octanol–water partition coefficient (Wildman–Crippen LogP) is 1.34. The normalized spacial score (nSPS) is 25.3. The van der Waals surface area contributed by atoms with E-state index in [1.54, 1.807) is 20.8 Å². The van der Waals surface area contributed by atoms with Gasteiger partial charge < -0.3 is 20.3 Å². The molecule has 0 bridgehead atoms. The molecule has 3 atom stereocenters. The van der Waals surface area contributed by atoms with Crippen molar-refractivity contribution in [1.29, 1.82) is 0 Å². The lowest BCUT2D eigenvalue weighted by atomic mass is 9.90. The summed E-state index contributed by atoms with van der Waals surface area (Å²) >= 11 is 0. The van der Waals surface area contributed by atoms with E-state index in [0.717, 1.165) is 0 Å². The first-order valence-corrected chi connectivity index (χ1v) is 8.49. The number of imidazole rings is 1. The van der Waals surface area contributed by atoms with Crippen LogP contribution in [-0.4, -0.2) is 48.9 Å². The first-order valence-electron chi connectivity index (χ1n) is 8.49. The average molecular weight is 379 g/mol. The minimum absolute atomic E-state index is 0.0909. The summed E-state index contributed by atoms with van der Waals surface area (Å²) in [4.78, 5) is 23.1. The summed E-state index contributed by atoms with van der Waals surface area (Å²) in [6, 6.07) is 0. The fourth-order valence-electron chi connectivity index (χ4n) is 3.03. The maximum absolute atomic E-state index is 13.6. The minimum atomic E-state index is -1.29. The summed E-state index contributed by atoms with van der Waals surface area (Å²) in [5, 5.41) is 10.7. The monoisotopic (exact) mass is 379 g/mol. The number of anilines is 1. The van der Waals surface area contributed by atoms with E-state index in [9.17, 15) is 14.3 Å². The van der Waals surface area contributed by atoms with Crippen molar-refractivity contribution < 1.29 is 23.8 Å². The van der Waals surface area contributed by atoms with Gasteiger partial charge in [0.15, 0.2) is 22.6 Å². The van der Waals surface area contributed by atoms with Crippen molar-refractivity contribution in [1.82, 2.24) is 19.5 Å². The zero-order chi connectivity index (χ0) is 19.9. The highest BCUT2D eigenvalue weighted by molar-refractivity contribution is 5.81.